The van der Waals surface area contributed by atoms with Crippen molar-refractivity contribution < 1.29 is 13.5 Å². The van der Waals surface area contributed by atoms with Crippen molar-refractivity contribution in [2.24, 2.45) is 0 Å². The van der Waals surface area contributed by atoms with Crippen molar-refractivity contribution in [3.8, 4) is 34.0 Å². The number of ether oxygens (including phenoxy) is 1. The zero-order chi connectivity index (χ0) is 22.2. The number of halogens is 2. The van der Waals surface area contributed by atoms with Gasteiger partial charge < -0.3 is 4.74 Å². The molecule has 3 heterocycles. The summed E-state index contributed by atoms with van der Waals surface area (Å²) in [5.74, 6) is -0.375. The van der Waals surface area contributed by atoms with E-state index < -0.39 is 11.6 Å². The average molecular weight is 430 g/mol. The Labute approximate surface area is 180 Å². The van der Waals surface area contributed by atoms with Crippen molar-refractivity contribution in [2.75, 3.05) is 0 Å². The van der Waals surface area contributed by atoms with Crippen molar-refractivity contribution in [2.45, 2.75) is 6.92 Å². The molecule has 0 amide bonds. The van der Waals surface area contributed by atoms with Crippen LogP contribution in [0.1, 0.15) is 5.69 Å². The number of rotatable bonds is 4. The van der Waals surface area contributed by atoms with Gasteiger partial charge in [0.25, 0.3) is 5.56 Å². The van der Waals surface area contributed by atoms with Crippen LogP contribution in [-0.4, -0.2) is 19.6 Å². The van der Waals surface area contributed by atoms with Crippen LogP contribution in [0.4, 0.5) is 8.78 Å². The quantitative estimate of drug-likeness (QED) is 0.429. The lowest BCUT2D eigenvalue weighted by atomic mass is 10.1. The molecule has 32 heavy (non-hydrogen) atoms. The van der Waals surface area contributed by atoms with Gasteiger partial charge in [0, 0.05) is 46.8 Å². The summed E-state index contributed by atoms with van der Waals surface area (Å²) in [5.41, 5.74) is 1.90. The Morgan fingerprint density at radius 1 is 1.00 bits per heavy atom. The molecule has 5 aromatic rings. The second kappa shape index (κ2) is 7.73. The number of aromatic amines is 1. The highest BCUT2D eigenvalue weighted by Gasteiger charge is 2.18. The van der Waals surface area contributed by atoms with Crippen LogP contribution in [0, 0.1) is 18.6 Å². The summed E-state index contributed by atoms with van der Waals surface area (Å²) >= 11 is 0. The van der Waals surface area contributed by atoms with E-state index in [0.29, 0.717) is 34.1 Å². The lowest BCUT2D eigenvalue weighted by Crippen LogP contribution is -2.14. The van der Waals surface area contributed by atoms with Gasteiger partial charge in [0.05, 0.1) is 5.69 Å². The Morgan fingerprint density at radius 2 is 1.81 bits per heavy atom. The van der Waals surface area contributed by atoms with E-state index in [4.69, 9.17) is 4.74 Å². The number of nitrogens with one attached hydrogen (secondary N) is 1. The van der Waals surface area contributed by atoms with E-state index in [1.54, 1.807) is 25.3 Å². The van der Waals surface area contributed by atoms with E-state index in [-0.39, 0.29) is 16.8 Å². The Kier molecular flexibility index (Phi) is 4.74. The van der Waals surface area contributed by atoms with Crippen LogP contribution in [-0.2, 0) is 0 Å². The molecule has 8 heteroatoms. The van der Waals surface area contributed by atoms with Gasteiger partial charge in [-0.25, -0.2) is 23.3 Å². The van der Waals surface area contributed by atoms with Crippen LogP contribution in [0.25, 0.3) is 28.0 Å². The van der Waals surface area contributed by atoms with Crippen LogP contribution in [0.15, 0.2) is 77.7 Å². The van der Waals surface area contributed by atoms with Crippen LogP contribution in [0.2, 0.25) is 0 Å². The predicted octanol–water partition coefficient (Wildman–Crippen LogP) is 5.13. The monoisotopic (exact) mass is 430 g/mol. The smallest absolute Gasteiger partial charge is 0.273 e. The summed E-state index contributed by atoms with van der Waals surface area (Å²) < 4.78 is 34.8. The first-order valence-electron chi connectivity index (χ1n) is 9.77. The number of benzene rings is 2. The molecule has 0 spiro atoms. The third-order valence-corrected chi connectivity index (χ3v) is 5.00. The molecular weight excluding hydrogens is 414 g/mol. The van der Waals surface area contributed by atoms with E-state index in [1.165, 1.54) is 22.7 Å². The van der Waals surface area contributed by atoms with Crippen molar-refractivity contribution >= 4 is 5.65 Å². The summed E-state index contributed by atoms with van der Waals surface area (Å²) in [5, 5.41) is 2.90. The lowest BCUT2D eigenvalue weighted by molar-refractivity contribution is 0.463. The highest BCUT2D eigenvalue weighted by Crippen LogP contribution is 2.30. The first kappa shape index (κ1) is 19.6. The second-order valence-electron chi connectivity index (χ2n) is 7.17. The summed E-state index contributed by atoms with van der Waals surface area (Å²) in [6.07, 6.45) is 1.55. The number of fused-ring (bicyclic) bond motifs is 1. The maximum absolute atomic E-state index is 14.5. The number of hydrogen-bond acceptors (Lipinski definition) is 4. The summed E-state index contributed by atoms with van der Waals surface area (Å²) in [6.45, 7) is 1.70. The van der Waals surface area contributed by atoms with Crippen molar-refractivity contribution in [1.82, 2.24) is 19.6 Å². The third-order valence-electron chi connectivity index (χ3n) is 5.00. The van der Waals surface area contributed by atoms with Gasteiger partial charge in [-0.05, 0) is 37.3 Å². The maximum atomic E-state index is 14.5. The zero-order valence-corrected chi connectivity index (χ0v) is 16.8. The molecule has 0 saturated carbocycles. The molecule has 0 radical (unpaired) electrons. The SMILES string of the molecule is Cc1[nH]n2c(=O)cc(-c3ccc(Oc4ccccc4)nc3)nc2c1-c1ccc(F)cc1F. The molecule has 1 N–H and O–H groups in total. The molecule has 0 saturated heterocycles. The van der Waals surface area contributed by atoms with Gasteiger partial charge in [-0.15, -0.1) is 0 Å². The fourth-order valence-electron chi connectivity index (χ4n) is 3.51. The van der Waals surface area contributed by atoms with Crippen molar-refractivity contribution in [3.63, 3.8) is 0 Å². The number of para-hydroxylation sites is 1. The van der Waals surface area contributed by atoms with Gasteiger partial charge in [0.2, 0.25) is 5.88 Å². The van der Waals surface area contributed by atoms with Gasteiger partial charge in [-0.1, -0.05) is 18.2 Å². The number of hydrogen-bond donors (Lipinski definition) is 1. The van der Waals surface area contributed by atoms with E-state index in [9.17, 15) is 13.6 Å². The molecule has 0 unspecified atom stereocenters. The largest absolute Gasteiger partial charge is 0.439 e. The van der Waals surface area contributed by atoms with Crippen LogP contribution >= 0.6 is 0 Å². The molecule has 0 bridgehead atoms. The number of H-pyrrole nitrogens is 1. The van der Waals surface area contributed by atoms with Crippen LogP contribution < -0.4 is 10.3 Å². The van der Waals surface area contributed by atoms with Gasteiger partial charge in [-0.2, -0.15) is 0 Å². The predicted molar refractivity (Wildman–Crippen MR) is 116 cm³/mol. The number of aryl methyl sites for hydroxylation is 1. The Hall–Kier alpha value is -4.33. The van der Waals surface area contributed by atoms with Gasteiger partial charge in [-0.3, -0.25) is 9.89 Å². The standard InChI is InChI=1S/C24H16F2N4O2/c1-14-23(18-9-8-16(25)11-19(18)26)24-28-20(12-22(31)30(24)29-14)15-7-10-21(27-13-15)32-17-5-3-2-4-6-17/h2-13,29H,1H3. The summed E-state index contributed by atoms with van der Waals surface area (Å²) in [4.78, 5) is 21.6. The van der Waals surface area contributed by atoms with E-state index in [2.05, 4.69) is 15.1 Å². The minimum Gasteiger partial charge on any atom is -0.439 e. The highest BCUT2D eigenvalue weighted by atomic mass is 19.1. The maximum Gasteiger partial charge on any atom is 0.273 e. The fraction of sp³-hybridized carbons (Fsp3) is 0.0417. The number of pyridine rings is 1. The molecule has 158 valence electrons. The fourth-order valence-corrected chi connectivity index (χ4v) is 3.51. The van der Waals surface area contributed by atoms with Crippen LogP contribution in [0.5, 0.6) is 11.6 Å². The van der Waals surface area contributed by atoms with E-state index >= 15 is 0 Å². The number of aromatic nitrogens is 4. The van der Waals surface area contributed by atoms with Crippen molar-refractivity contribution in [1.29, 1.82) is 0 Å². The molecule has 6 nitrogen and oxygen atoms in total. The Bertz CT molecular complexity index is 1490. The van der Waals surface area contributed by atoms with E-state index in [1.807, 2.05) is 30.3 Å². The molecule has 2 aromatic carbocycles. The molecule has 0 aliphatic carbocycles. The highest BCUT2D eigenvalue weighted by molar-refractivity contribution is 5.81. The second-order valence-corrected chi connectivity index (χ2v) is 7.17. The molecule has 0 atom stereocenters. The minimum absolute atomic E-state index is 0.149. The lowest BCUT2D eigenvalue weighted by Gasteiger charge is -2.06. The molecule has 0 aliphatic rings. The summed E-state index contributed by atoms with van der Waals surface area (Å²) in [7, 11) is 0. The molecule has 0 aliphatic heterocycles. The number of nitrogens with zero attached hydrogens (tertiary/aromatic N) is 3. The van der Waals surface area contributed by atoms with Gasteiger partial charge in [0.15, 0.2) is 5.65 Å². The van der Waals surface area contributed by atoms with E-state index in [0.717, 1.165) is 6.07 Å². The first-order chi connectivity index (χ1) is 15.5. The average Bonchev–Trinajstić information content (AvgIpc) is 3.11. The molecule has 5 rings (SSSR count). The Balaban J connectivity index is 1.57. The van der Waals surface area contributed by atoms with Crippen LogP contribution in [0.3, 0.4) is 0 Å². The first-order valence-corrected chi connectivity index (χ1v) is 9.77. The zero-order valence-electron chi connectivity index (χ0n) is 16.8. The van der Waals surface area contributed by atoms with Gasteiger partial charge >= 0.3 is 0 Å². The minimum atomic E-state index is -0.738. The van der Waals surface area contributed by atoms with Gasteiger partial charge in [0.1, 0.15) is 17.4 Å². The third kappa shape index (κ3) is 3.51. The Morgan fingerprint density at radius 3 is 2.53 bits per heavy atom. The van der Waals surface area contributed by atoms with Crippen molar-refractivity contribution in [3.05, 3.63) is 101 Å². The molecular formula is C24H16F2N4O2. The normalized spacial score (nSPS) is 11.1. The molecule has 0 fully saturated rings. The molecule has 3 aromatic heterocycles. The summed E-state index contributed by atoms with van der Waals surface area (Å²) in [6, 6.07) is 17.3. The topological polar surface area (TPSA) is 72.3 Å².